The number of carbonyl (C=O) groups is 1. The topological polar surface area (TPSA) is 98.3 Å². The van der Waals surface area contributed by atoms with Gasteiger partial charge < -0.3 is 11.1 Å². The molecule has 3 N–H and O–H groups in total. The van der Waals surface area contributed by atoms with Gasteiger partial charge in [-0.3, -0.25) is 14.9 Å². The number of hydrogen-bond acceptors (Lipinski definition) is 4. The summed E-state index contributed by atoms with van der Waals surface area (Å²) in [6, 6.07) is 3.98. The van der Waals surface area contributed by atoms with E-state index in [1.807, 2.05) is 27.7 Å². The molecule has 0 unspecified atom stereocenters. The molecule has 0 saturated heterocycles. The second kappa shape index (κ2) is 6.00. The minimum absolute atomic E-state index is 0.00892. The Kier molecular flexibility index (Phi) is 4.83. The van der Waals surface area contributed by atoms with Crippen molar-refractivity contribution in [1.82, 2.24) is 0 Å². The molecule has 0 radical (unpaired) electrons. The van der Waals surface area contributed by atoms with E-state index in [9.17, 15) is 14.9 Å². The molecule has 0 heterocycles. The lowest BCUT2D eigenvalue weighted by atomic mass is 9.87. The Hall–Kier alpha value is -1.95. The number of nitrogens with two attached hydrogens (primary N) is 1. The van der Waals surface area contributed by atoms with E-state index >= 15 is 0 Å². The average molecular weight is 279 g/mol. The Balaban J connectivity index is 2.97. The molecule has 0 aliphatic carbocycles. The Morgan fingerprint density at radius 3 is 2.50 bits per heavy atom. The van der Waals surface area contributed by atoms with Crippen LogP contribution in [0.3, 0.4) is 0 Å². The van der Waals surface area contributed by atoms with Gasteiger partial charge in [0.25, 0.3) is 5.69 Å². The fourth-order valence-electron chi connectivity index (χ4n) is 1.72. The number of aryl methyl sites for hydroxylation is 1. The summed E-state index contributed by atoms with van der Waals surface area (Å²) in [6.07, 6.45) is 0.562. The van der Waals surface area contributed by atoms with Crippen LogP contribution in [0.4, 0.5) is 11.4 Å². The Morgan fingerprint density at radius 2 is 2.05 bits per heavy atom. The molecular weight excluding hydrogens is 258 g/mol. The van der Waals surface area contributed by atoms with E-state index in [1.165, 1.54) is 6.07 Å². The van der Waals surface area contributed by atoms with Crippen LogP contribution in [-0.2, 0) is 11.2 Å². The van der Waals surface area contributed by atoms with Gasteiger partial charge in [-0.1, -0.05) is 33.8 Å². The highest BCUT2D eigenvalue weighted by atomic mass is 16.6. The van der Waals surface area contributed by atoms with Crippen LogP contribution in [-0.4, -0.2) is 16.9 Å². The van der Waals surface area contributed by atoms with Crippen molar-refractivity contribution in [3.8, 4) is 0 Å². The molecule has 1 aromatic carbocycles. The first-order valence-electron chi connectivity index (χ1n) is 6.50. The first-order valence-corrected chi connectivity index (χ1v) is 6.50. The molecule has 110 valence electrons. The summed E-state index contributed by atoms with van der Waals surface area (Å²) in [7, 11) is 0. The number of amides is 1. The van der Waals surface area contributed by atoms with Crippen LogP contribution >= 0.6 is 0 Å². The Morgan fingerprint density at radius 1 is 1.45 bits per heavy atom. The van der Waals surface area contributed by atoms with Gasteiger partial charge in [0.2, 0.25) is 5.91 Å². The van der Waals surface area contributed by atoms with Crippen molar-refractivity contribution in [3.63, 3.8) is 0 Å². The molecule has 0 spiro atoms. The van der Waals surface area contributed by atoms with Crippen LogP contribution in [0.2, 0.25) is 0 Å². The largest absolute Gasteiger partial charge is 0.324 e. The third kappa shape index (κ3) is 3.77. The molecule has 0 bridgehead atoms. The number of rotatable bonds is 4. The molecule has 0 saturated carbocycles. The normalized spacial score (nSPS) is 12.8. The average Bonchev–Trinajstić information content (AvgIpc) is 2.36. The molecule has 6 nitrogen and oxygen atoms in total. The van der Waals surface area contributed by atoms with Gasteiger partial charge in [0.15, 0.2) is 0 Å². The van der Waals surface area contributed by atoms with E-state index in [1.54, 1.807) is 12.1 Å². The monoisotopic (exact) mass is 279 g/mol. The van der Waals surface area contributed by atoms with Crippen LogP contribution in [0.5, 0.6) is 0 Å². The summed E-state index contributed by atoms with van der Waals surface area (Å²) in [5.41, 5.74) is 6.50. The van der Waals surface area contributed by atoms with Crippen LogP contribution in [0.15, 0.2) is 18.2 Å². The smallest absolute Gasteiger partial charge is 0.274 e. The molecule has 0 fully saturated rings. The molecule has 20 heavy (non-hydrogen) atoms. The standard InChI is InChI=1S/C14H21N3O3/c1-5-9-6-7-10(8-11(9)17(19)20)16-13(18)12(15)14(2,3)4/h6-8,12H,5,15H2,1-4H3,(H,16,18)/t12-/m1/s1. The number of nitro groups is 1. The summed E-state index contributed by atoms with van der Waals surface area (Å²) in [4.78, 5) is 22.5. The second-order valence-electron chi connectivity index (χ2n) is 5.79. The highest BCUT2D eigenvalue weighted by molar-refractivity contribution is 5.95. The van der Waals surface area contributed by atoms with E-state index in [-0.39, 0.29) is 17.0 Å². The van der Waals surface area contributed by atoms with Gasteiger partial charge in [0, 0.05) is 17.3 Å². The van der Waals surface area contributed by atoms with Gasteiger partial charge in [0.05, 0.1) is 11.0 Å². The number of nitrogens with zero attached hydrogens (tertiary/aromatic N) is 1. The van der Waals surface area contributed by atoms with Crippen molar-refractivity contribution in [3.05, 3.63) is 33.9 Å². The molecule has 1 atom stereocenters. The number of nitrogens with one attached hydrogen (secondary N) is 1. The van der Waals surface area contributed by atoms with Crippen LogP contribution in [0, 0.1) is 15.5 Å². The number of benzene rings is 1. The minimum Gasteiger partial charge on any atom is -0.324 e. The molecule has 1 rings (SSSR count). The van der Waals surface area contributed by atoms with Crippen LogP contribution < -0.4 is 11.1 Å². The maximum Gasteiger partial charge on any atom is 0.274 e. The summed E-state index contributed by atoms with van der Waals surface area (Å²) >= 11 is 0. The van der Waals surface area contributed by atoms with Gasteiger partial charge in [-0.25, -0.2) is 0 Å². The molecule has 0 aliphatic heterocycles. The zero-order valence-electron chi connectivity index (χ0n) is 12.3. The minimum atomic E-state index is -0.688. The van der Waals surface area contributed by atoms with Gasteiger partial charge in [-0.2, -0.15) is 0 Å². The van der Waals surface area contributed by atoms with Gasteiger partial charge >= 0.3 is 0 Å². The number of carbonyl (C=O) groups excluding carboxylic acids is 1. The van der Waals surface area contributed by atoms with E-state index in [0.29, 0.717) is 17.7 Å². The number of nitro benzene ring substituents is 1. The van der Waals surface area contributed by atoms with Crippen LogP contribution in [0.25, 0.3) is 0 Å². The first-order chi connectivity index (χ1) is 9.16. The lowest BCUT2D eigenvalue weighted by molar-refractivity contribution is -0.385. The maximum absolute atomic E-state index is 12.0. The summed E-state index contributed by atoms with van der Waals surface area (Å²) < 4.78 is 0. The fourth-order valence-corrected chi connectivity index (χ4v) is 1.72. The zero-order valence-corrected chi connectivity index (χ0v) is 12.3. The molecule has 0 aliphatic rings. The van der Waals surface area contributed by atoms with Crippen molar-refractivity contribution in [2.45, 2.75) is 40.2 Å². The quantitative estimate of drug-likeness (QED) is 0.653. The van der Waals surface area contributed by atoms with Crippen molar-refractivity contribution in [1.29, 1.82) is 0 Å². The summed E-state index contributed by atoms with van der Waals surface area (Å²) in [5, 5.41) is 13.6. The molecule has 1 aromatic rings. The lowest BCUT2D eigenvalue weighted by Gasteiger charge is -2.25. The number of anilines is 1. The second-order valence-corrected chi connectivity index (χ2v) is 5.79. The Labute approximate surface area is 118 Å². The zero-order chi connectivity index (χ0) is 15.5. The van der Waals surface area contributed by atoms with Crippen LogP contribution in [0.1, 0.15) is 33.3 Å². The van der Waals surface area contributed by atoms with Crippen molar-refractivity contribution < 1.29 is 9.72 Å². The van der Waals surface area contributed by atoms with Gasteiger partial charge in [-0.15, -0.1) is 0 Å². The van der Waals surface area contributed by atoms with Gasteiger partial charge in [-0.05, 0) is 17.9 Å². The summed E-state index contributed by atoms with van der Waals surface area (Å²) in [6.45, 7) is 7.43. The van der Waals surface area contributed by atoms with E-state index < -0.39 is 11.0 Å². The highest BCUT2D eigenvalue weighted by Gasteiger charge is 2.27. The molecule has 0 aromatic heterocycles. The third-order valence-electron chi connectivity index (χ3n) is 3.15. The molecular formula is C14H21N3O3. The Bertz CT molecular complexity index is 521. The van der Waals surface area contributed by atoms with Crippen molar-refractivity contribution >= 4 is 17.3 Å². The van der Waals surface area contributed by atoms with Crippen molar-refractivity contribution in [2.75, 3.05) is 5.32 Å². The summed E-state index contributed by atoms with van der Waals surface area (Å²) in [5.74, 6) is -0.351. The fraction of sp³-hybridized carbons (Fsp3) is 0.500. The molecule has 6 heteroatoms. The number of hydrogen-bond donors (Lipinski definition) is 2. The van der Waals surface area contributed by atoms with E-state index in [4.69, 9.17) is 5.73 Å². The molecule has 1 amide bonds. The first kappa shape index (κ1) is 16.1. The predicted molar refractivity (Wildman–Crippen MR) is 78.5 cm³/mol. The van der Waals surface area contributed by atoms with Crippen molar-refractivity contribution in [2.24, 2.45) is 11.1 Å². The maximum atomic E-state index is 12.0. The van der Waals surface area contributed by atoms with E-state index in [0.717, 1.165) is 0 Å². The van der Waals surface area contributed by atoms with E-state index in [2.05, 4.69) is 5.32 Å². The third-order valence-corrected chi connectivity index (χ3v) is 3.15. The highest BCUT2D eigenvalue weighted by Crippen LogP contribution is 2.25. The van der Waals surface area contributed by atoms with Gasteiger partial charge in [0.1, 0.15) is 0 Å². The lowest BCUT2D eigenvalue weighted by Crippen LogP contribution is -2.45. The predicted octanol–water partition coefficient (Wildman–Crippen LogP) is 2.47. The SMILES string of the molecule is CCc1ccc(NC(=O)[C@@H](N)C(C)(C)C)cc1[N+](=O)[O-].